The Kier molecular flexibility index (Phi) is 25.3. The highest BCUT2D eigenvalue weighted by atomic mass is 28.4. The van der Waals surface area contributed by atoms with E-state index in [2.05, 4.69) is 194 Å². The van der Waals surface area contributed by atoms with E-state index in [0.29, 0.717) is 24.9 Å². The number of rotatable bonds is 27. The molecule has 0 saturated heterocycles. The van der Waals surface area contributed by atoms with Gasteiger partial charge in [-0.3, -0.25) is 0 Å². The second kappa shape index (κ2) is 25.4. The van der Waals surface area contributed by atoms with Gasteiger partial charge in [0.1, 0.15) is 0 Å². The summed E-state index contributed by atoms with van der Waals surface area (Å²) in [5.74, 6) is 0.731. The van der Waals surface area contributed by atoms with Crippen LogP contribution in [0.25, 0.3) is 0 Å². The summed E-state index contributed by atoms with van der Waals surface area (Å²) in [5, 5.41) is 22.5. The molecule has 0 rings (SSSR count). The van der Waals surface area contributed by atoms with Crippen LogP contribution in [0.2, 0.25) is 72.5 Å². The van der Waals surface area contributed by atoms with Gasteiger partial charge in [0.25, 0.3) is 0 Å². The van der Waals surface area contributed by atoms with Gasteiger partial charge in [0.2, 0.25) is 0 Å². The molecule has 0 saturated carbocycles. The summed E-state index contributed by atoms with van der Waals surface area (Å²) in [7, 11) is -8.34. The highest BCUT2D eigenvalue weighted by molar-refractivity contribution is 6.75. The normalized spacial score (nSPS) is 19.9. The van der Waals surface area contributed by atoms with E-state index < -0.39 is 45.5 Å². The first kappa shape index (κ1) is 63.6. The molecule has 0 heterocycles. The van der Waals surface area contributed by atoms with Crippen LogP contribution in [0.1, 0.15) is 150 Å². The largest absolute Gasteiger partial charge is 0.413 e. The third kappa shape index (κ3) is 20.7. The van der Waals surface area contributed by atoms with Crippen LogP contribution >= 0.6 is 0 Å². The fraction of sp³-hybridized carbons (Fsp3) is 0.852. The molecule has 0 aliphatic rings. The lowest BCUT2D eigenvalue weighted by Crippen LogP contribution is -2.48. The fourth-order valence-corrected chi connectivity index (χ4v) is 12.2. The van der Waals surface area contributed by atoms with Crippen molar-refractivity contribution in [3.8, 4) is 0 Å². The molecule has 10 heteroatoms. The van der Waals surface area contributed by atoms with Crippen molar-refractivity contribution >= 4 is 33.3 Å². The van der Waals surface area contributed by atoms with Gasteiger partial charge >= 0.3 is 0 Å². The molecule has 0 fully saturated rings. The molecule has 0 aliphatic carbocycles. The van der Waals surface area contributed by atoms with Gasteiger partial charge in [0.05, 0.1) is 37.1 Å². The predicted octanol–water partition coefficient (Wildman–Crippen LogP) is 16.1. The van der Waals surface area contributed by atoms with E-state index in [-0.39, 0.29) is 62.1 Å². The first-order valence-corrected chi connectivity index (χ1v) is 36.9. The molecular formula is C54H110O6Si4. The Hall–Kier alpha value is -0.412. The van der Waals surface area contributed by atoms with E-state index in [1.807, 2.05) is 26.0 Å². The zero-order valence-corrected chi connectivity index (χ0v) is 51.2. The Balaban J connectivity index is 6.94. The summed E-state index contributed by atoms with van der Waals surface area (Å²) in [6.45, 7) is 64.4. The highest BCUT2D eigenvalue weighted by Crippen LogP contribution is 2.43. The van der Waals surface area contributed by atoms with Gasteiger partial charge in [0, 0.05) is 18.3 Å². The van der Waals surface area contributed by atoms with Crippen LogP contribution in [0.15, 0.2) is 49.1 Å². The van der Waals surface area contributed by atoms with Crippen molar-refractivity contribution in [2.75, 3.05) is 6.61 Å². The van der Waals surface area contributed by atoms with Crippen molar-refractivity contribution in [1.29, 1.82) is 0 Å². The van der Waals surface area contributed by atoms with Crippen LogP contribution in [0.5, 0.6) is 0 Å². The Morgan fingerprint density at radius 2 is 1.00 bits per heavy atom. The monoisotopic (exact) mass is 967 g/mol. The molecule has 0 unspecified atom stereocenters. The second-order valence-electron chi connectivity index (χ2n) is 26.3. The Labute approximate surface area is 403 Å². The van der Waals surface area contributed by atoms with E-state index in [9.17, 15) is 10.2 Å². The maximum absolute atomic E-state index is 11.2. The van der Waals surface area contributed by atoms with E-state index in [1.165, 1.54) is 0 Å². The van der Waals surface area contributed by atoms with Gasteiger partial charge in [-0.25, -0.2) is 0 Å². The average Bonchev–Trinajstić information content (AvgIpc) is 3.12. The zero-order valence-electron chi connectivity index (χ0n) is 47.2. The fourth-order valence-electron chi connectivity index (χ4n) is 7.09. The smallest absolute Gasteiger partial charge is 0.192 e. The SMILES string of the molecule is C=C/C=C/[C@H](C)[C@H](O)[C@@H](C)[C@H](O)CC[C@H](C)C[C@H](C)[C@@H](O[Si](C)(C)C(C)(C)C)[C@@H](C)C=C[C@H](C[C@H](O[Si](C)(C)C(C)(C)C)[C@H](C)/C=C\CO[Si](C)(C)C(C)(C)C)O[Si](C)(C)C(C)(C)C. The minimum atomic E-state index is -2.18. The van der Waals surface area contributed by atoms with E-state index in [1.54, 1.807) is 6.08 Å². The number of allylic oxidation sites excluding steroid dienone is 2. The molecule has 64 heavy (non-hydrogen) atoms. The third-order valence-electron chi connectivity index (χ3n) is 16.3. The van der Waals surface area contributed by atoms with Crippen LogP contribution in [-0.4, -0.2) is 80.6 Å². The van der Waals surface area contributed by atoms with Gasteiger partial charge in [-0.05, 0) is 115 Å². The predicted molar refractivity (Wildman–Crippen MR) is 292 cm³/mol. The molecule has 11 atom stereocenters. The van der Waals surface area contributed by atoms with Gasteiger partial charge in [0.15, 0.2) is 33.3 Å². The molecule has 0 spiro atoms. The number of aliphatic hydroxyl groups excluding tert-OH is 2. The molecule has 0 radical (unpaired) electrons. The number of hydrogen-bond acceptors (Lipinski definition) is 6. The standard InChI is InChI=1S/C54H110O6Si4/c1-28-29-31-42(4)49(56)45(7)47(55)36-33-40(2)38-44(6)50(60-64(26,27)54(17,18)19)43(5)34-35-46(58-62(22,23)52(11,12)13)39-48(59-63(24,25)53(14,15)16)41(3)32-30-37-57-61(20,21)51(8,9)10/h28-32,34-35,40-50,55-56H,1,33,36-39H2,2-27H3/b31-29+,32-30-,35-34?/t40-,41+,42-,43-,44-,45-,46+,47+,48-,49-,50-/m0/s1. The van der Waals surface area contributed by atoms with E-state index >= 15 is 0 Å². The summed E-state index contributed by atoms with van der Waals surface area (Å²) in [5.41, 5.74) is 0. The molecule has 0 amide bonds. The van der Waals surface area contributed by atoms with Gasteiger partial charge in [-0.1, -0.05) is 174 Å². The molecule has 378 valence electrons. The van der Waals surface area contributed by atoms with Crippen molar-refractivity contribution in [3.05, 3.63) is 49.1 Å². The van der Waals surface area contributed by atoms with Crippen molar-refractivity contribution in [2.24, 2.45) is 35.5 Å². The second-order valence-corrected chi connectivity index (χ2v) is 45.4. The molecule has 0 aromatic carbocycles. The molecule has 0 bridgehead atoms. The van der Waals surface area contributed by atoms with Gasteiger partial charge in [-0.2, -0.15) is 0 Å². The number of aliphatic hydroxyl groups is 2. The van der Waals surface area contributed by atoms with Crippen molar-refractivity contribution in [1.82, 2.24) is 0 Å². The maximum atomic E-state index is 11.2. The minimum Gasteiger partial charge on any atom is -0.413 e. The van der Waals surface area contributed by atoms with Crippen LogP contribution in [0.3, 0.4) is 0 Å². The van der Waals surface area contributed by atoms with Gasteiger partial charge < -0.3 is 27.9 Å². The lowest BCUT2D eigenvalue weighted by molar-refractivity contribution is -0.00260. The summed E-state index contributed by atoms with van der Waals surface area (Å²) in [6.07, 6.45) is 16.9. The first-order valence-electron chi connectivity index (χ1n) is 25.2. The molecule has 2 N–H and O–H groups in total. The average molecular weight is 968 g/mol. The molecule has 0 aromatic heterocycles. The molecular weight excluding hydrogens is 857 g/mol. The van der Waals surface area contributed by atoms with Crippen LogP contribution in [0.4, 0.5) is 0 Å². The van der Waals surface area contributed by atoms with Crippen LogP contribution in [-0.2, 0) is 17.7 Å². The molecule has 6 nitrogen and oxygen atoms in total. The Morgan fingerprint density at radius 1 is 0.531 bits per heavy atom. The Morgan fingerprint density at radius 3 is 1.47 bits per heavy atom. The third-order valence-corrected chi connectivity index (χ3v) is 34.2. The van der Waals surface area contributed by atoms with Crippen molar-refractivity contribution < 1.29 is 27.9 Å². The van der Waals surface area contributed by atoms with Crippen LogP contribution in [0, 0.1) is 35.5 Å². The number of hydrogen-bond donors (Lipinski definition) is 2. The lowest BCUT2D eigenvalue weighted by atomic mass is 9.82. The van der Waals surface area contributed by atoms with Gasteiger partial charge in [-0.15, -0.1) is 0 Å². The van der Waals surface area contributed by atoms with Crippen LogP contribution < -0.4 is 0 Å². The van der Waals surface area contributed by atoms with E-state index in [0.717, 1.165) is 19.3 Å². The zero-order chi connectivity index (χ0) is 50.7. The summed E-state index contributed by atoms with van der Waals surface area (Å²) in [6, 6.07) is 0. The van der Waals surface area contributed by atoms with Crippen molar-refractivity contribution in [3.63, 3.8) is 0 Å². The van der Waals surface area contributed by atoms with Crippen molar-refractivity contribution in [2.45, 2.75) is 253 Å². The summed E-state index contributed by atoms with van der Waals surface area (Å²) in [4.78, 5) is 0. The quantitative estimate of drug-likeness (QED) is 0.0485. The first-order chi connectivity index (χ1) is 28.5. The Bertz CT molecular complexity index is 1440. The van der Waals surface area contributed by atoms with E-state index in [4.69, 9.17) is 17.7 Å². The minimum absolute atomic E-state index is 0.0233. The summed E-state index contributed by atoms with van der Waals surface area (Å²) >= 11 is 0. The topological polar surface area (TPSA) is 77.4 Å². The lowest BCUT2D eigenvalue weighted by Gasteiger charge is -2.44. The highest BCUT2D eigenvalue weighted by Gasteiger charge is 2.44. The molecule has 0 aliphatic heterocycles. The summed E-state index contributed by atoms with van der Waals surface area (Å²) < 4.78 is 28.7. The maximum Gasteiger partial charge on any atom is 0.192 e. The molecule has 0 aromatic rings.